The first-order valence-electron chi connectivity index (χ1n) is 6.61. The van der Waals surface area contributed by atoms with Crippen molar-refractivity contribution in [3.05, 3.63) is 0 Å². The van der Waals surface area contributed by atoms with Gasteiger partial charge in [0.1, 0.15) is 0 Å². The fourth-order valence-corrected chi connectivity index (χ4v) is 2.70. The molecule has 3 N–H and O–H groups in total. The summed E-state index contributed by atoms with van der Waals surface area (Å²) in [5, 5.41) is 3.55. The molecule has 2 nitrogen and oxygen atoms in total. The highest BCUT2D eigenvalue weighted by Crippen LogP contribution is 2.33. The molecule has 0 aliphatic heterocycles. The number of hydrogen-bond donors (Lipinski definition) is 2. The van der Waals surface area contributed by atoms with Crippen molar-refractivity contribution in [3.8, 4) is 11.8 Å². The summed E-state index contributed by atoms with van der Waals surface area (Å²) in [6.07, 6.45) is 7.80. The molecule has 1 rings (SSSR count). The van der Waals surface area contributed by atoms with Crippen molar-refractivity contribution >= 4 is 0 Å². The Morgan fingerprint density at radius 1 is 1.38 bits per heavy atom. The van der Waals surface area contributed by atoms with E-state index in [1.807, 2.05) is 6.92 Å². The molecule has 16 heavy (non-hydrogen) atoms. The Balaban J connectivity index is 2.40. The van der Waals surface area contributed by atoms with Gasteiger partial charge in [0, 0.05) is 12.1 Å². The molecule has 0 heterocycles. The second-order valence-corrected chi connectivity index (χ2v) is 5.00. The van der Waals surface area contributed by atoms with Gasteiger partial charge in [-0.3, -0.25) is 5.32 Å². The molecule has 0 radical (unpaired) electrons. The molecule has 0 saturated heterocycles. The molecule has 1 aliphatic carbocycles. The minimum Gasteiger partial charge on any atom is -0.329 e. The Labute approximate surface area is 100 Å². The van der Waals surface area contributed by atoms with E-state index in [4.69, 9.17) is 5.73 Å². The quantitative estimate of drug-likeness (QED) is 0.700. The van der Waals surface area contributed by atoms with Gasteiger partial charge in [-0.2, -0.15) is 0 Å². The first-order valence-corrected chi connectivity index (χ1v) is 6.61. The van der Waals surface area contributed by atoms with E-state index >= 15 is 0 Å². The zero-order chi connectivity index (χ0) is 11.9. The van der Waals surface area contributed by atoms with Gasteiger partial charge in [-0.05, 0) is 38.5 Å². The summed E-state index contributed by atoms with van der Waals surface area (Å²) in [4.78, 5) is 0. The average molecular weight is 222 g/mol. The lowest BCUT2D eigenvalue weighted by molar-refractivity contribution is 0.193. The second-order valence-electron chi connectivity index (χ2n) is 5.00. The molecule has 0 atom stereocenters. The predicted octanol–water partition coefficient (Wildman–Crippen LogP) is 2.29. The Morgan fingerprint density at radius 3 is 2.56 bits per heavy atom. The maximum Gasteiger partial charge on any atom is 0.0581 e. The lowest BCUT2D eigenvalue weighted by atomic mass is 9.75. The van der Waals surface area contributed by atoms with E-state index in [2.05, 4.69) is 24.1 Å². The van der Waals surface area contributed by atoms with Crippen LogP contribution in [-0.4, -0.2) is 18.6 Å². The third-order valence-electron chi connectivity index (χ3n) is 3.88. The van der Waals surface area contributed by atoms with Gasteiger partial charge in [0.2, 0.25) is 0 Å². The van der Waals surface area contributed by atoms with Crippen molar-refractivity contribution < 1.29 is 0 Å². The summed E-state index contributed by atoms with van der Waals surface area (Å²) >= 11 is 0. The van der Waals surface area contributed by atoms with E-state index in [0.29, 0.717) is 0 Å². The van der Waals surface area contributed by atoms with Gasteiger partial charge in [0.25, 0.3) is 0 Å². The summed E-state index contributed by atoms with van der Waals surface area (Å²) < 4.78 is 0. The van der Waals surface area contributed by atoms with Crippen molar-refractivity contribution in [2.24, 2.45) is 11.7 Å². The van der Waals surface area contributed by atoms with Crippen molar-refractivity contribution in [1.82, 2.24) is 5.32 Å². The van der Waals surface area contributed by atoms with Crippen LogP contribution in [0.4, 0.5) is 0 Å². The minimum atomic E-state index is 0.175. The van der Waals surface area contributed by atoms with Crippen LogP contribution in [-0.2, 0) is 0 Å². The van der Waals surface area contributed by atoms with Crippen LogP contribution in [0.15, 0.2) is 0 Å². The molecule has 0 aromatic carbocycles. The second kappa shape index (κ2) is 6.93. The third-order valence-corrected chi connectivity index (χ3v) is 3.88. The number of nitrogens with two attached hydrogens (primary N) is 1. The molecule has 1 aliphatic rings. The summed E-state index contributed by atoms with van der Waals surface area (Å²) in [7, 11) is 0. The SMILES string of the molecule is CC#CCNC1(CN)CCC(CCC)CC1. The average Bonchev–Trinajstić information content (AvgIpc) is 2.32. The summed E-state index contributed by atoms with van der Waals surface area (Å²) in [6.45, 7) is 5.69. The van der Waals surface area contributed by atoms with E-state index in [1.165, 1.54) is 38.5 Å². The standard InChI is InChI=1S/C14H26N2/c1-3-5-11-16-14(12-15)9-7-13(6-4-2)8-10-14/h13,16H,4,6-12,15H2,1-2H3. The molecular formula is C14H26N2. The monoisotopic (exact) mass is 222 g/mol. The Bertz CT molecular complexity index is 241. The fraction of sp³-hybridized carbons (Fsp3) is 0.857. The van der Waals surface area contributed by atoms with Crippen LogP contribution in [0, 0.1) is 17.8 Å². The van der Waals surface area contributed by atoms with Gasteiger partial charge >= 0.3 is 0 Å². The highest BCUT2D eigenvalue weighted by atomic mass is 15.0. The van der Waals surface area contributed by atoms with E-state index in [0.717, 1.165) is 19.0 Å². The zero-order valence-electron chi connectivity index (χ0n) is 10.8. The molecule has 0 bridgehead atoms. The maximum absolute atomic E-state index is 5.93. The minimum absolute atomic E-state index is 0.175. The molecule has 0 spiro atoms. The normalized spacial score (nSPS) is 29.6. The molecule has 2 heteroatoms. The van der Waals surface area contributed by atoms with Gasteiger partial charge in [-0.15, -0.1) is 5.92 Å². The van der Waals surface area contributed by atoms with Crippen LogP contribution in [0.3, 0.4) is 0 Å². The number of rotatable bonds is 5. The Kier molecular flexibility index (Phi) is 5.87. The largest absolute Gasteiger partial charge is 0.329 e. The van der Waals surface area contributed by atoms with Crippen LogP contribution in [0.2, 0.25) is 0 Å². The van der Waals surface area contributed by atoms with Gasteiger partial charge in [-0.25, -0.2) is 0 Å². The first kappa shape index (κ1) is 13.5. The van der Waals surface area contributed by atoms with Crippen molar-refractivity contribution in [3.63, 3.8) is 0 Å². The molecule has 0 aromatic heterocycles. The highest BCUT2D eigenvalue weighted by molar-refractivity contribution is 5.02. The lowest BCUT2D eigenvalue weighted by Gasteiger charge is -2.40. The molecule has 0 amide bonds. The van der Waals surface area contributed by atoms with Gasteiger partial charge in [0.05, 0.1) is 6.54 Å². The lowest BCUT2D eigenvalue weighted by Crippen LogP contribution is -2.53. The number of nitrogens with one attached hydrogen (secondary N) is 1. The van der Waals surface area contributed by atoms with E-state index in [-0.39, 0.29) is 5.54 Å². The van der Waals surface area contributed by atoms with E-state index in [1.54, 1.807) is 0 Å². The van der Waals surface area contributed by atoms with Crippen LogP contribution < -0.4 is 11.1 Å². The summed E-state index contributed by atoms with van der Waals surface area (Å²) in [6, 6.07) is 0. The molecule has 0 aromatic rings. The van der Waals surface area contributed by atoms with Crippen molar-refractivity contribution in [2.45, 2.75) is 57.9 Å². The summed E-state index contributed by atoms with van der Waals surface area (Å²) in [5.74, 6) is 6.93. The maximum atomic E-state index is 5.93. The van der Waals surface area contributed by atoms with Crippen LogP contribution in [0.1, 0.15) is 52.4 Å². The zero-order valence-corrected chi connectivity index (χ0v) is 10.8. The van der Waals surface area contributed by atoms with Gasteiger partial charge < -0.3 is 5.73 Å². The van der Waals surface area contributed by atoms with Crippen LogP contribution in [0.25, 0.3) is 0 Å². The van der Waals surface area contributed by atoms with Crippen LogP contribution in [0.5, 0.6) is 0 Å². The smallest absolute Gasteiger partial charge is 0.0581 e. The Morgan fingerprint density at radius 2 is 2.06 bits per heavy atom. The van der Waals surface area contributed by atoms with E-state index in [9.17, 15) is 0 Å². The molecule has 1 fully saturated rings. The molecule has 92 valence electrons. The van der Waals surface area contributed by atoms with Crippen molar-refractivity contribution in [2.75, 3.05) is 13.1 Å². The Hall–Kier alpha value is -0.520. The van der Waals surface area contributed by atoms with E-state index < -0.39 is 0 Å². The molecule has 0 unspecified atom stereocenters. The fourth-order valence-electron chi connectivity index (χ4n) is 2.70. The highest BCUT2D eigenvalue weighted by Gasteiger charge is 2.32. The topological polar surface area (TPSA) is 38.0 Å². The molecular weight excluding hydrogens is 196 g/mol. The van der Waals surface area contributed by atoms with Gasteiger partial charge in [0.15, 0.2) is 0 Å². The third kappa shape index (κ3) is 3.81. The van der Waals surface area contributed by atoms with Crippen LogP contribution >= 0.6 is 0 Å². The predicted molar refractivity (Wildman–Crippen MR) is 70.1 cm³/mol. The van der Waals surface area contributed by atoms with Gasteiger partial charge in [-0.1, -0.05) is 25.7 Å². The summed E-state index contributed by atoms with van der Waals surface area (Å²) in [5.41, 5.74) is 6.10. The van der Waals surface area contributed by atoms with Crippen molar-refractivity contribution in [1.29, 1.82) is 0 Å². The molecule has 1 saturated carbocycles. The first-order chi connectivity index (χ1) is 7.76. The number of hydrogen-bond acceptors (Lipinski definition) is 2.